The lowest BCUT2D eigenvalue weighted by atomic mass is 10.1. The topological polar surface area (TPSA) is 83.5 Å². The summed E-state index contributed by atoms with van der Waals surface area (Å²) >= 11 is 0. The number of amides is 1. The van der Waals surface area contributed by atoms with Crippen LogP contribution in [0.5, 0.6) is 0 Å². The Kier molecular flexibility index (Phi) is 6.25. The average Bonchev–Trinajstić information content (AvgIpc) is 1.98. The van der Waals surface area contributed by atoms with Gasteiger partial charge in [0.25, 0.3) is 0 Å². The first-order chi connectivity index (χ1) is 7.25. The van der Waals surface area contributed by atoms with Crippen molar-refractivity contribution in [2.24, 2.45) is 5.92 Å². The summed E-state index contributed by atoms with van der Waals surface area (Å²) in [4.78, 5) is 22.2. The zero-order chi connectivity index (χ0) is 12.9. The lowest BCUT2D eigenvalue weighted by molar-refractivity contribution is -0.137. The van der Waals surface area contributed by atoms with Crippen molar-refractivity contribution in [2.45, 2.75) is 39.0 Å². The van der Waals surface area contributed by atoms with Crippen LogP contribution in [0.1, 0.15) is 27.7 Å². The predicted molar refractivity (Wildman–Crippen MR) is 62.5 cm³/mol. The molecule has 1 amide bonds. The number of rotatable bonds is 6. The number of aliphatic carboxylic acids is 1. The third kappa shape index (κ3) is 5.25. The Morgan fingerprint density at radius 1 is 1.25 bits per heavy atom. The van der Waals surface area contributed by atoms with Crippen molar-refractivity contribution in [1.82, 2.24) is 5.32 Å². The van der Waals surface area contributed by atoms with E-state index in [9.17, 15) is 13.8 Å². The van der Waals surface area contributed by atoms with E-state index in [0.29, 0.717) is 0 Å². The maximum absolute atomic E-state index is 11.7. The minimum absolute atomic E-state index is 0.0353. The van der Waals surface area contributed by atoms with Crippen LogP contribution >= 0.6 is 0 Å². The highest BCUT2D eigenvalue weighted by Gasteiger charge is 2.29. The van der Waals surface area contributed by atoms with Gasteiger partial charge in [-0.3, -0.25) is 13.8 Å². The van der Waals surface area contributed by atoms with Crippen LogP contribution in [0, 0.1) is 5.92 Å². The average molecular weight is 249 g/mol. The number of hydrogen-bond donors (Lipinski definition) is 2. The molecule has 0 aromatic heterocycles. The van der Waals surface area contributed by atoms with Crippen molar-refractivity contribution in [3.8, 4) is 0 Å². The molecule has 0 heterocycles. The molecule has 16 heavy (non-hydrogen) atoms. The summed E-state index contributed by atoms with van der Waals surface area (Å²) in [6, 6.07) is -0.0353. The van der Waals surface area contributed by atoms with E-state index >= 15 is 0 Å². The second-order valence-corrected chi connectivity index (χ2v) is 5.81. The van der Waals surface area contributed by atoms with Crippen molar-refractivity contribution in [3.63, 3.8) is 0 Å². The number of nitrogens with one attached hydrogen (secondary N) is 1. The predicted octanol–water partition coefficient (Wildman–Crippen LogP) is 0.369. The summed E-state index contributed by atoms with van der Waals surface area (Å²) in [5.74, 6) is -2.01. The highest BCUT2D eigenvalue weighted by Crippen LogP contribution is 2.10. The van der Waals surface area contributed by atoms with Crippen molar-refractivity contribution in [3.05, 3.63) is 0 Å². The van der Waals surface area contributed by atoms with Gasteiger partial charge in [-0.25, -0.2) is 0 Å². The lowest BCUT2D eigenvalue weighted by Gasteiger charge is -2.16. The summed E-state index contributed by atoms with van der Waals surface area (Å²) < 4.78 is 11.7. The Morgan fingerprint density at radius 3 is 2.06 bits per heavy atom. The van der Waals surface area contributed by atoms with Gasteiger partial charge >= 0.3 is 5.97 Å². The van der Waals surface area contributed by atoms with Gasteiger partial charge in [-0.05, 0) is 19.8 Å². The van der Waals surface area contributed by atoms with Gasteiger partial charge in [0.05, 0.1) is 0 Å². The minimum Gasteiger partial charge on any atom is -0.480 e. The van der Waals surface area contributed by atoms with E-state index in [1.165, 1.54) is 0 Å². The van der Waals surface area contributed by atoms with Gasteiger partial charge in [0.2, 0.25) is 5.91 Å². The molecule has 6 heteroatoms. The third-order valence-corrected chi connectivity index (χ3v) is 3.71. The molecule has 2 atom stereocenters. The SMILES string of the molecule is CC(C)NC(=O)CS(=O)C(C(=O)O)C(C)C. The fourth-order valence-corrected chi connectivity index (χ4v) is 2.64. The van der Waals surface area contributed by atoms with Gasteiger partial charge < -0.3 is 10.4 Å². The van der Waals surface area contributed by atoms with E-state index in [-0.39, 0.29) is 23.6 Å². The Morgan fingerprint density at radius 2 is 1.75 bits per heavy atom. The first kappa shape index (κ1) is 15.1. The van der Waals surface area contributed by atoms with Crippen LogP contribution < -0.4 is 5.32 Å². The van der Waals surface area contributed by atoms with E-state index in [0.717, 1.165) is 0 Å². The molecule has 2 unspecified atom stereocenters. The van der Waals surface area contributed by atoms with E-state index in [2.05, 4.69) is 5.32 Å². The van der Waals surface area contributed by atoms with E-state index in [4.69, 9.17) is 5.11 Å². The van der Waals surface area contributed by atoms with Crippen LogP contribution in [0.15, 0.2) is 0 Å². The van der Waals surface area contributed by atoms with Gasteiger partial charge in [-0.2, -0.15) is 0 Å². The van der Waals surface area contributed by atoms with Crippen LogP contribution in [0.25, 0.3) is 0 Å². The van der Waals surface area contributed by atoms with E-state index in [1.54, 1.807) is 27.7 Å². The normalized spacial score (nSPS) is 14.9. The van der Waals surface area contributed by atoms with Crippen LogP contribution in [-0.4, -0.2) is 38.2 Å². The first-order valence-electron chi connectivity index (χ1n) is 5.15. The molecule has 2 N–H and O–H groups in total. The number of hydrogen-bond acceptors (Lipinski definition) is 3. The number of carbonyl (C=O) groups is 2. The molecular weight excluding hydrogens is 230 g/mol. The molecule has 0 radical (unpaired) electrons. The van der Waals surface area contributed by atoms with Crippen LogP contribution in [0.2, 0.25) is 0 Å². The van der Waals surface area contributed by atoms with Gasteiger partial charge in [0, 0.05) is 16.8 Å². The van der Waals surface area contributed by atoms with Crippen LogP contribution in [0.4, 0.5) is 0 Å². The smallest absolute Gasteiger partial charge is 0.319 e. The molecule has 0 spiro atoms. The second-order valence-electron chi connectivity index (χ2n) is 4.25. The fraction of sp³-hybridized carbons (Fsp3) is 0.800. The molecule has 0 rings (SSSR count). The first-order valence-corrected chi connectivity index (χ1v) is 6.53. The number of carbonyl (C=O) groups excluding carboxylic acids is 1. The summed E-state index contributed by atoms with van der Waals surface area (Å²) in [5, 5.41) is 10.5. The Labute approximate surface area is 98.1 Å². The number of carboxylic acids is 1. The molecule has 0 aliphatic heterocycles. The van der Waals surface area contributed by atoms with Gasteiger partial charge in [0.15, 0.2) is 0 Å². The van der Waals surface area contributed by atoms with Crippen molar-refractivity contribution in [2.75, 3.05) is 5.75 Å². The van der Waals surface area contributed by atoms with Crippen molar-refractivity contribution in [1.29, 1.82) is 0 Å². The molecule has 94 valence electrons. The maximum Gasteiger partial charge on any atom is 0.319 e. The Bertz CT molecular complexity index is 289. The molecule has 0 aromatic rings. The fourth-order valence-electron chi connectivity index (χ4n) is 1.28. The van der Waals surface area contributed by atoms with Gasteiger partial charge in [-0.15, -0.1) is 0 Å². The maximum atomic E-state index is 11.7. The standard InChI is InChI=1S/C10H19NO4S/c1-6(2)9(10(13)14)16(15)5-8(12)11-7(3)4/h6-7,9H,5H2,1-4H3,(H,11,12)(H,13,14). The van der Waals surface area contributed by atoms with E-state index in [1.807, 2.05) is 0 Å². The summed E-state index contributed by atoms with van der Waals surface area (Å²) in [5.41, 5.74) is 0. The Balaban J connectivity index is 4.43. The monoisotopic (exact) mass is 249 g/mol. The lowest BCUT2D eigenvalue weighted by Crippen LogP contribution is -2.39. The number of carboxylic acid groups (broad SMARTS) is 1. The summed E-state index contributed by atoms with van der Waals surface area (Å²) in [6.07, 6.45) is 0. The molecular formula is C10H19NO4S. The molecule has 0 bridgehead atoms. The molecule has 0 saturated heterocycles. The van der Waals surface area contributed by atoms with Crippen LogP contribution in [0.3, 0.4) is 0 Å². The van der Waals surface area contributed by atoms with Crippen molar-refractivity contribution < 1.29 is 18.9 Å². The molecule has 5 nitrogen and oxygen atoms in total. The summed E-state index contributed by atoms with van der Waals surface area (Å²) in [6.45, 7) is 6.93. The minimum atomic E-state index is -1.68. The van der Waals surface area contributed by atoms with Gasteiger partial charge in [-0.1, -0.05) is 13.8 Å². The highest BCUT2D eigenvalue weighted by atomic mass is 32.2. The quantitative estimate of drug-likeness (QED) is 0.712. The van der Waals surface area contributed by atoms with Gasteiger partial charge in [0.1, 0.15) is 11.0 Å². The van der Waals surface area contributed by atoms with Crippen LogP contribution in [-0.2, 0) is 20.4 Å². The largest absolute Gasteiger partial charge is 0.480 e. The molecule has 0 saturated carbocycles. The summed E-state index contributed by atoms with van der Waals surface area (Å²) in [7, 11) is -1.68. The zero-order valence-electron chi connectivity index (χ0n) is 10.0. The highest BCUT2D eigenvalue weighted by molar-refractivity contribution is 7.87. The second kappa shape index (κ2) is 6.62. The van der Waals surface area contributed by atoms with Crippen molar-refractivity contribution >= 4 is 22.7 Å². The molecule has 0 fully saturated rings. The zero-order valence-corrected chi connectivity index (χ0v) is 10.8. The molecule has 0 aromatic carbocycles. The third-order valence-electron chi connectivity index (χ3n) is 1.86. The molecule has 0 aliphatic carbocycles. The molecule has 0 aliphatic rings. The van der Waals surface area contributed by atoms with E-state index < -0.39 is 22.0 Å². The Hall–Kier alpha value is -0.910.